The van der Waals surface area contributed by atoms with E-state index in [1.807, 2.05) is 0 Å². The maximum atomic E-state index is 12.4. The highest BCUT2D eigenvalue weighted by molar-refractivity contribution is 5.76. The van der Waals surface area contributed by atoms with Crippen molar-refractivity contribution in [3.05, 3.63) is 0 Å². The Morgan fingerprint density at radius 2 is 1.37 bits per heavy atom. The van der Waals surface area contributed by atoms with Gasteiger partial charge < -0.3 is 11.1 Å². The number of carbonyl (C=O) groups is 1. The molecule has 3 nitrogen and oxygen atoms in total. The van der Waals surface area contributed by atoms with Gasteiger partial charge in [0.25, 0.3) is 0 Å². The van der Waals surface area contributed by atoms with E-state index in [4.69, 9.17) is 5.73 Å². The van der Waals surface area contributed by atoms with Crippen molar-refractivity contribution in [3.63, 3.8) is 0 Å². The number of nitrogens with two attached hydrogens (primary N) is 1. The maximum absolute atomic E-state index is 12.4. The first-order valence-corrected chi connectivity index (χ1v) is 12.1. The molecular weight excluding hydrogens is 332 g/mol. The van der Waals surface area contributed by atoms with E-state index in [-0.39, 0.29) is 5.91 Å². The van der Waals surface area contributed by atoms with Gasteiger partial charge in [0.05, 0.1) is 0 Å². The molecule has 1 amide bonds. The highest BCUT2D eigenvalue weighted by Gasteiger charge is 2.24. The third-order valence-electron chi connectivity index (χ3n) is 5.86. The number of hydrogen-bond donors (Lipinski definition) is 2. The Morgan fingerprint density at radius 1 is 0.815 bits per heavy atom. The van der Waals surface area contributed by atoms with Crippen molar-refractivity contribution >= 4 is 5.91 Å². The standard InChI is InChI=1S/C24H50N2O/c1-5-7-8-12-15-18-22(6-2)24(21(3)4)26-23(27)19-16-13-10-9-11-14-17-20-25/h21-22,24H,5-20,25H2,1-4H3,(H,26,27). The van der Waals surface area contributed by atoms with Gasteiger partial charge in [0, 0.05) is 12.5 Å². The summed E-state index contributed by atoms with van der Waals surface area (Å²) in [4.78, 5) is 12.4. The number of hydrogen-bond acceptors (Lipinski definition) is 2. The van der Waals surface area contributed by atoms with Gasteiger partial charge in [0.15, 0.2) is 0 Å². The van der Waals surface area contributed by atoms with E-state index in [9.17, 15) is 4.79 Å². The molecule has 2 unspecified atom stereocenters. The van der Waals surface area contributed by atoms with E-state index in [1.165, 1.54) is 77.0 Å². The summed E-state index contributed by atoms with van der Waals surface area (Å²) in [7, 11) is 0. The molecule has 0 aliphatic rings. The average molecular weight is 383 g/mol. The summed E-state index contributed by atoms with van der Waals surface area (Å²) in [5.74, 6) is 1.40. The smallest absolute Gasteiger partial charge is 0.220 e. The molecule has 3 heteroatoms. The summed E-state index contributed by atoms with van der Waals surface area (Å²) in [5, 5.41) is 3.39. The Balaban J connectivity index is 4.05. The lowest BCUT2D eigenvalue weighted by Crippen LogP contribution is -2.43. The second-order valence-corrected chi connectivity index (χ2v) is 8.72. The van der Waals surface area contributed by atoms with Crippen LogP contribution in [-0.2, 0) is 4.79 Å². The van der Waals surface area contributed by atoms with Crippen LogP contribution >= 0.6 is 0 Å². The third kappa shape index (κ3) is 15.1. The number of amides is 1. The van der Waals surface area contributed by atoms with Crippen LogP contribution in [0.2, 0.25) is 0 Å². The van der Waals surface area contributed by atoms with Gasteiger partial charge in [0.2, 0.25) is 5.91 Å². The molecule has 0 heterocycles. The van der Waals surface area contributed by atoms with Crippen LogP contribution < -0.4 is 11.1 Å². The van der Waals surface area contributed by atoms with Gasteiger partial charge in [-0.15, -0.1) is 0 Å². The average Bonchev–Trinajstić information content (AvgIpc) is 2.65. The fourth-order valence-corrected chi connectivity index (χ4v) is 4.05. The highest BCUT2D eigenvalue weighted by Crippen LogP contribution is 2.23. The van der Waals surface area contributed by atoms with Crippen LogP contribution in [0.15, 0.2) is 0 Å². The van der Waals surface area contributed by atoms with Crippen LogP contribution in [0.3, 0.4) is 0 Å². The zero-order chi connectivity index (χ0) is 20.3. The lowest BCUT2D eigenvalue weighted by Gasteiger charge is -2.30. The molecule has 0 saturated heterocycles. The topological polar surface area (TPSA) is 55.1 Å². The van der Waals surface area contributed by atoms with E-state index in [2.05, 4.69) is 33.0 Å². The molecular formula is C24H50N2O. The predicted molar refractivity (Wildman–Crippen MR) is 120 cm³/mol. The molecule has 0 aliphatic heterocycles. The first-order valence-electron chi connectivity index (χ1n) is 12.1. The Bertz CT molecular complexity index is 330. The Kier molecular flexibility index (Phi) is 18.4. The fraction of sp³-hybridized carbons (Fsp3) is 0.958. The van der Waals surface area contributed by atoms with Gasteiger partial charge in [-0.2, -0.15) is 0 Å². The monoisotopic (exact) mass is 382 g/mol. The largest absolute Gasteiger partial charge is 0.353 e. The minimum atomic E-state index is 0.265. The Morgan fingerprint density at radius 3 is 1.93 bits per heavy atom. The molecule has 2 atom stereocenters. The third-order valence-corrected chi connectivity index (χ3v) is 5.86. The van der Waals surface area contributed by atoms with Crippen LogP contribution in [0, 0.1) is 11.8 Å². The number of carbonyl (C=O) groups excluding carboxylic acids is 1. The van der Waals surface area contributed by atoms with Crippen LogP contribution in [0.1, 0.15) is 124 Å². The number of rotatable bonds is 19. The molecule has 0 aromatic carbocycles. The van der Waals surface area contributed by atoms with Crippen molar-refractivity contribution in [1.29, 1.82) is 0 Å². The van der Waals surface area contributed by atoms with E-state index in [0.29, 0.717) is 24.3 Å². The summed E-state index contributed by atoms with van der Waals surface area (Å²) in [6.45, 7) is 9.87. The lowest BCUT2D eigenvalue weighted by molar-refractivity contribution is -0.122. The van der Waals surface area contributed by atoms with Gasteiger partial charge in [-0.3, -0.25) is 4.79 Å². The summed E-state index contributed by atoms with van der Waals surface area (Å²) in [6, 6.07) is 0.338. The van der Waals surface area contributed by atoms with Gasteiger partial charge in [-0.05, 0) is 37.6 Å². The minimum Gasteiger partial charge on any atom is -0.353 e. The van der Waals surface area contributed by atoms with Gasteiger partial charge >= 0.3 is 0 Å². The van der Waals surface area contributed by atoms with Gasteiger partial charge in [-0.25, -0.2) is 0 Å². The van der Waals surface area contributed by atoms with Gasteiger partial charge in [0.1, 0.15) is 0 Å². The molecule has 0 aliphatic carbocycles. The van der Waals surface area contributed by atoms with Crippen molar-refractivity contribution < 1.29 is 4.79 Å². The SMILES string of the molecule is CCCCCCCC(CC)C(NC(=O)CCCCCCCCCN)C(C)C. The van der Waals surface area contributed by atoms with E-state index in [1.54, 1.807) is 0 Å². The summed E-state index contributed by atoms with van der Waals surface area (Å²) < 4.78 is 0. The second-order valence-electron chi connectivity index (χ2n) is 8.72. The van der Waals surface area contributed by atoms with Crippen LogP contribution in [0.25, 0.3) is 0 Å². The Hall–Kier alpha value is -0.570. The zero-order valence-electron chi connectivity index (χ0n) is 19.0. The fourth-order valence-electron chi connectivity index (χ4n) is 4.05. The van der Waals surface area contributed by atoms with Crippen molar-refractivity contribution in [2.45, 2.75) is 130 Å². The highest BCUT2D eigenvalue weighted by atomic mass is 16.1. The van der Waals surface area contributed by atoms with Crippen LogP contribution in [-0.4, -0.2) is 18.5 Å². The first kappa shape index (κ1) is 26.4. The summed E-state index contributed by atoms with van der Waals surface area (Å²) in [6.07, 6.45) is 18.2. The van der Waals surface area contributed by atoms with Crippen molar-refractivity contribution in [2.75, 3.05) is 6.54 Å². The molecule has 0 bridgehead atoms. The molecule has 3 N–H and O–H groups in total. The molecule has 0 aromatic rings. The predicted octanol–water partition coefficient (Wildman–Crippen LogP) is 6.59. The Labute approximate surface area is 170 Å². The minimum absolute atomic E-state index is 0.265. The molecule has 0 radical (unpaired) electrons. The number of unbranched alkanes of at least 4 members (excludes halogenated alkanes) is 10. The van der Waals surface area contributed by atoms with Crippen molar-refractivity contribution in [1.82, 2.24) is 5.32 Å². The van der Waals surface area contributed by atoms with Crippen molar-refractivity contribution in [3.8, 4) is 0 Å². The van der Waals surface area contributed by atoms with E-state index in [0.717, 1.165) is 19.4 Å². The summed E-state index contributed by atoms with van der Waals surface area (Å²) in [5.41, 5.74) is 5.52. The molecule has 0 spiro atoms. The molecule has 0 aromatic heterocycles. The number of nitrogens with one attached hydrogen (secondary N) is 1. The first-order chi connectivity index (χ1) is 13.1. The molecule has 162 valence electrons. The molecule has 0 rings (SSSR count). The molecule has 0 saturated carbocycles. The maximum Gasteiger partial charge on any atom is 0.220 e. The second kappa shape index (κ2) is 18.8. The van der Waals surface area contributed by atoms with Crippen LogP contribution in [0.5, 0.6) is 0 Å². The molecule has 0 fully saturated rings. The quantitative estimate of drug-likeness (QED) is 0.247. The van der Waals surface area contributed by atoms with Crippen LogP contribution in [0.4, 0.5) is 0 Å². The van der Waals surface area contributed by atoms with E-state index < -0.39 is 0 Å². The van der Waals surface area contributed by atoms with E-state index >= 15 is 0 Å². The van der Waals surface area contributed by atoms with Gasteiger partial charge in [-0.1, -0.05) is 98.3 Å². The zero-order valence-corrected chi connectivity index (χ0v) is 19.0. The lowest BCUT2D eigenvalue weighted by atomic mass is 9.84. The van der Waals surface area contributed by atoms with Crippen molar-refractivity contribution in [2.24, 2.45) is 17.6 Å². The normalized spacial score (nSPS) is 13.7. The summed E-state index contributed by atoms with van der Waals surface area (Å²) >= 11 is 0. The molecule has 27 heavy (non-hydrogen) atoms.